The van der Waals surface area contributed by atoms with Gasteiger partial charge in [0.05, 0.1) is 6.42 Å². The summed E-state index contributed by atoms with van der Waals surface area (Å²) in [6.07, 6.45) is 0.147. The van der Waals surface area contributed by atoms with Crippen LogP contribution in [0.2, 0.25) is 0 Å². The van der Waals surface area contributed by atoms with Crippen LogP contribution in [0.1, 0.15) is 19.4 Å². The summed E-state index contributed by atoms with van der Waals surface area (Å²) in [7, 11) is 0. The van der Waals surface area contributed by atoms with Crippen LogP contribution in [0.5, 0.6) is 0 Å². The largest absolute Gasteiger partial charge is 0.343 e. The molecular weight excluding hydrogens is 193 g/mol. The van der Waals surface area contributed by atoms with Crippen molar-refractivity contribution >= 4 is 5.91 Å². The standard InChI is InChI=1S/C12H16FNO/c1-3-14(4-2)12(15)9-10-7-5-6-8-11(10)13/h5-8H,3-4,9H2,1-2H3. The van der Waals surface area contributed by atoms with Crippen molar-refractivity contribution in [3.05, 3.63) is 35.6 Å². The summed E-state index contributed by atoms with van der Waals surface area (Å²) in [5.74, 6) is -0.330. The molecule has 1 aromatic rings. The maximum absolute atomic E-state index is 13.3. The van der Waals surface area contributed by atoms with Crippen LogP contribution in [-0.4, -0.2) is 23.9 Å². The van der Waals surface area contributed by atoms with Crippen molar-refractivity contribution in [1.82, 2.24) is 4.90 Å². The van der Waals surface area contributed by atoms with Crippen LogP contribution in [0, 0.1) is 5.82 Å². The van der Waals surface area contributed by atoms with Gasteiger partial charge in [0.1, 0.15) is 5.82 Å². The molecule has 0 aliphatic heterocycles. The zero-order valence-corrected chi connectivity index (χ0v) is 9.16. The predicted octanol–water partition coefficient (Wildman–Crippen LogP) is 2.24. The van der Waals surface area contributed by atoms with E-state index in [0.717, 1.165) is 0 Å². The Balaban J connectivity index is 2.70. The summed E-state index contributed by atoms with van der Waals surface area (Å²) in [5, 5.41) is 0. The first kappa shape index (κ1) is 11.7. The van der Waals surface area contributed by atoms with Gasteiger partial charge in [-0.15, -0.1) is 0 Å². The molecule has 0 aliphatic rings. The molecule has 1 amide bonds. The number of carbonyl (C=O) groups excluding carboxylic acids is 1. The van der Waals surface area contributed by atoms with Gasteiger partial charge in [-0.05, 0) is 25.5 Å². The molecule has 0 fully saturated rings. The van der Waals surface area contributed by atoms with Crippen molar-refractivity contribution in [3.8, 4) is 0 Å². The molecule has 0 saturated heterocycles. The Morgan fingerprint density at radius 2 is 1.87 bits per heavy atom. The molecule has 0 N–H and O–H groups in total. The van der Waals surface area contributed by atoms with Crippen LogP contribution >= 0.6 is 0 Å². The third-order valence-corrected chi connectivity index (χ3v) is 2.42. The highest BCUT2D eigenvalue weighted by Gasteiger charge is 2.12. The number of halogens is 1. The van der Waals surface area contributed by atoms with Gasteiger partial charge in [0.15, 0.2) is 0 Å². The number of hydrogen-bond acceptors (Lipinski definition) is 1. The minimum absolute atomic E-state index is 0.0231. The average Bonchev–Trinajstić information content (AvgIpc) is 2.23. The van der Waals surface area contributed by atoms with Crippen LogP contribution in [0.25, 0.3) is 0 Å². The van der Waals surface area contributed by atoms with E-state index < -0.39 is 0 Å². The van der Waals surface area contributed by atoms with Crippen LogP contribution in [0.15, 0.2) is 24.3 Å². The molecule has 0 saturated carbocycles. The highest BCUT2D eigenvalue weighted by atomic mass is 19.1. The number of hydrogen-bond donors (Lipinski definition) is 0. The third-order valence-electron chi connectivity index (χ3n) is 2.42. The van der Waals surface area contributed by atoms with Crippen LogP contribution in [0.4, 0.5) is 4.39 Å². The Kier molecular flexibility index (Phi) is 4.28. The predicted molar refractivity (Wildman–Crippen MR) is 58.0 cm³/mol. The SMILES string of the molecule is CCN(CC)C(=O)Cc1ccccc1F. The van der Waals surface area contributed by atoms with E-state index in [1.165, 1.54) is 6.07 Å². The van der Waals surface area contributed by atoms with Crippen molar-refractivity contribution < 1.29 is 9.18 Å². The third kappa shape index (κ3) is 3.05. The van der Waals surface area contributed by atoms with Gasteiger partial charge in [0.25, 0.3) is 0 Å². The van der Waals surface area contributed by atoms with Gasteiger partial charge >= 0.3 is 0 Å². The molecule has 0 atom stereocenters. The van der Waals surface area contributed by atoms with E-state index >= 15 is 0 Å². The fourth-order valence-electron chi connectivity index (χ4n) is 1.49. The zero-order chi connectivity index (χ0) is 11.3. The van der Waals surface area contributed by atoms with Crippen molar-refractivity contribution in [2.24, 2.45) is 0 Å². The molecule has 0 heterocycles. The first-order chi connectivity index (χ1) is 7.19. The molecular formula is C12H16FNO. The molecule has 0 radical (unpaired) electrons. The van der Waals surface area contributed by atoms with Gasteiger partial charge in [-0.3, -0.25) is 4.79 Å². The topological polar surface area (TPSA) is 20.3 Å². The van der Waals surface area contributed by atoms with Crippen molar-refractivity contribution in [3.63, 3.8) is 0 Å². The van der Waals surface area contributed by atoms with Gasteiger partial charge in [-0.25, -0.2) is 4.39 Å². The minimum Gasteiger partial charge on any atom is -0.343 e. The first-order valence-electron chi connectivity index (χ1n) is 5.20. The Morgan fingerprint density at radius 1 is 1.27 bits per heavy atom. The molecule has 82 valence electrons. The van der Waals surface area contributed by atoms with Crippen molar-refractivity contribution in [1.29, 1.82) is 0 Å². The molecule has 0 aromatic heterocycles. The Bertz CT molecular complexity index is 334. The van der Waals surface area contributed by atoms with Crippen molar-refractivity contribution in [2.45, 2.75) is 20.3 Å². The van der Waals surface area contributed by atoms with E-state index in [2.05, 4.69) is 0 Å². The molecule has 0 unspecified atom stereocenters. The number of carbonyl (C=O) groups is 1. The molecule has 1 aromatic carbocycles. The fourth-order valence-corrected chi connectivity index (χ4v) is 1.49. The Morgan fingerprint density at radius 3 is 2.40 bits per heavy atom. The van der Waals surface area contributed by atoms with Crippen LogP contribution in [-0.2, 0) is 11.2 Å². The van der Waals surface area contributed by atoms with E-state index in [0.29, 0.717) is 18.7 Å². The van der Waals surface area contributed by atoms with Crippen molar-refractivity contribution in [2.75, 3.05) is 13.1 Å². The number of rotatable bonds is 4. The van der Waals surface area contributed by atoms with E-state index in [1.54, 1.807) is 23.1 Å². The molecule has 0 bridgehead atoms. The molecule has 15 heavy (non-hydrogen) atoms. The zero-order valence-electron chi connectivity index (χ0n) is 9.16. The molecule has 0 aliphatic carbocycles. The molecule has 2 nitrogen and oxygen atoms in total. The average molecular weight is 209 g/mol. The van der Waals surface area contributed by atoms with E-state index in [-0.39, 0.29) is 18.1 Å². The Labute approximate surface area is 89.7 Å². The number of benzene rings is 1. The number of amides is 1. The monoisotopic (exact) mass is 209 g/mol. The minimum atomic E-state index is -0.307. The van der Waals surface area contributed by atoms with Gasteiger partial charge in [0, 0.05) is 13.1 Å². The molecule has 3 heteroatoms. The van der Waals surface area contributed by atoms with E-state index in [1.807, 2.05) is 13.8 Å². The lowest BCUT2D eigenvalue weighted by Gasteiger charge is -2.18. The van der Waals surface area contributed by atoms with E-state index in [9.17, 15) is 9.18 Å². The maximum atomic E-state index is 13.3. The summed E-state index contributed by atoms with van der Waals surface area (Å²) in [6, 6.07) is 6.40. The Hall–Kier alpha value is -1.38. The quantitative estimate of drug-likeness (QED) is 0.744. The van der Waals surface area contributed by atoms with Gasteiger partial charge in [0.2, 0.25) is 5.91 Å². The lowest BCUT2D eigenvalue weighted by atomic mass is 10.1. The van der Waals surface area contributed by atoms with Gasteiger partial charge in [-0.2, -0.15) is 0 Å². The highest BCUT2D eigenvalue weighted by Crippen LogP contribution is 2.08. The number of likely N-dealkylation sites (N-methyl/N-ethyl adjacent to an activating group) is 1. The second-order valence-corrected chi connectivity index (χ2v) is 3.33. The van der Waals surface area contributed by atoms with Gasteiger partial charge in [-0.1, -0.05) is 18.2 Å². The van der Waals surface area contributed by atoms with Crippen LogP contribution < -0.4 is 0 Å². The lowest BCUT2D eigenvalue weighted by molar-refractivity contribution is -0.130. The second-order valence-electron chi connectivity index (χ2n) is 3.33. The second kappa shape index (κ2) is 5.49. The summed E-state index contributed by atoms with van der Waals surface area (Å²) in [6.45, 7) is 5.18. The molecule has 1 rings (SSSR count). The normalized spacial score (nSPS) is 10.1. The summed E-state index contributed by atoms with van der Waals surface area (Å²) in [5.41, 5.74) is 0.467. The highest BCUT2D eigenvalue weighted by molar-refractivity contribution is 5.78. The summed E-state index contributed by atoms with van der Waals surface area (Å²) >= 11 is 0. The van der Waals surface area contributed by atoms with Gasteiger partial charge < -0.3 is 4.90 Å². The smallest absolute Gasteiger partial charge is 0.227 e. The summed E-state index contributed by atoms with van der Waals surface area (Å²) in [4.78, 5) is 13.4. The number of nitrogens with zero attached hydrogens (tertiary/aromatic N) is 1. The molecule has 0 spiro atoms. The summed E-state index contributed by atoms with van der Waals surface area (Å²) < 4.78 is 13.3. The van der Waals surface area contributed by atoms with Crippen LogP contribution in [0.3, 0.4) is 0 Å². The fraction of sp³-hybridized carbons (Fsp3) is 0.417. The van der Waals surface area contributed by atoms with E-state index in [4.69, 9.17) is 0 Å². The first-order valence-corrected chi connectivity index (χ1v) is 5.20. The maximum Gasteiger partial charge on any atom is 0.227 e. The lowest BCUT2D eigenvalue weighted by Crippen LogP contribution is -2.31.